The lowest BCUT2D eigenvalue weighted by molar-refractivity contribution is -0.124. The number of amides is 2. The summed E-state index contributed by atoms with van der Waals surface area (Å²) in [6.07, 6.45) is 6.66. The Labute approximate surface area is 268 Å². The molecule has 1 saturated heterocycles. The maximum atomic E-state index is 12.8. The Morgan fingerprint density at radius 3 is 2.50 bits per heavy atom. The van der Waals surface area contributed by atoms with Gasteiger partial charge in [0.15, 0.2) is 0 Å². The lowest BCUT2D eigenvalue weighted by atomic mass is 10.1. The number of anilines is 2. The normalized spacial score (nSPS) is 15.2. The third kappa shape index (κ3) is 8.85. The van der Waals surface area contributed by atoms with Gasteiger partial charge < -0.3 is 35.6 Å². The van der Waals surface area contributed by atoms with Gasteiger partial charge in [-0.25, -0.2) is 9.78 Å². The largest absolute Gasteiger partial charge is 0.459 e. The zero-order valence-electron chi connectivity index (χ0n) is 25.8. The number of nitrogens with two attached hydrogens (primary N) is 1. The highest BCUT2D eigenvalue weighted by molar-refractivity contribution is 5.99. The molecule has 0 saturated carbocycles. The minimum atomic E-state index is -0.489. The van der Waals surface area contributed by atoms with Gasteiger partial charge in [-0.1, -0.05) is 72.8 Å². The highest BCUT2D eigenvalue weighted by Gasteiger charge is 2.29. The maximum Gasteiger partial charge on any atom is 0.407 e. The molecule has 11 heteroatoms. The number of carbonyl (C=O) groups is 2. The number of rotatable bonds is 12. The summed E-state index contributed by atoms with van der Waals surface area (Å²) in [5.74, 6) is 0.283. The first-order valence-electron chi connectivity index (χ1n) is 14.8. The molecular weight excluding hydrogens is 582 g/mol. The van der Waals surface area contributed by atoms with E-state index in [1.807, 2.05) is 109 Å². The van der Waals surface area contributed by atoms with Crippen molar-refractivity contribution in [3.8, 4) is 6.01 Å². The molecule has 1 unspecified atom stereocenters. The van der Waals surface area contributed by atoms with Gasteiger partial charge in [-0.05, 0) is 52.6 Å². The van der Waals surface area contributed by atoms with Crippen molar-refractivity contribution < 1.29 is 19.1 Å². The summed E-state index contributed by atoms with van der Waals surface area (Å²) in [6.45, 7) is 1.37. The van der Waals surface area contributed by atoms with Crippen LogP contribution in [0.5, 0.6) is 6.01 Å². The predicted molar refractivity (Wildman–Crippen MR) is 178 cm³/mol. The fourth-order valence-corrected chi connectivity index (χ4v) is 4.63. The fourth-order valence-electron chi connectivity index (χ4n) is 4.63. The maximum absolute atomic E-state index is 12.8. The summed E-state index contributed by atoms with van der Waals surface area (Å²) in [6, 6.07) is 27.3. The molecule has 1 atom stereocenters. The molecule has 0 aliphatic carbocycles. The Morgan fingerprint density at radius 2 is 1.76 bits per heavy atom. The third-order valence-corrected chi connectivity index (χ3v) is 7.33. The molecule has 46 heavy (non-hydrogen) atoms. The average Bonchev–Trinajstić information content (AvgIpc) is 3.34. The molecule has 2 amide bonds. The van der Waals surface area contributed by atoms with Gasteiger partial charge in [0, 0.05) is 32.5 Å². The van der Waals surface area contributed by atoms with E-state index in [1.165, 1.54) is 0 Å². The van der Waals surface area contributed by atoms with E-state index in [1.54, 1.807) is 24.2 Å². The zero-order valence-corrected chi connectivity index (χ0v) is 25.8. The first-order chi connectivity index (χ1) is 22.3. The second-order valence-electron chi connectivity index (χ2n) is 10.7. The molecule has 4 aromatic rings. The van der Waals surface area contributed by atoms with E-state index >= 15 is 0 Å². The zero-order chi connectivity index (χ0) is 32.3. The SMILES string of the molecule is CN(CCOC(=O)NCc1ccc(COc2nccc(N)n2)cc1)c1ccc(/C=C2\NC(/C=C/c3ccccc3)N(C)C2=O)cc1. The van der Waals surface area contributed by atoms with Gasteiger partial charge in [0.1, 0.15) is 30.9 Å². The summed E-state index contributed by atoms with van der Waals surface area (Å²) < 4.78 is 10.9. The standard InChI is InChI=1S/C35H37N7O4/c1-41(20-21-45-35(44)38-23-27-8-10-28(11-9-27)24-46-34-37-19-18-31(36)40-34)29-15-12-26(13-16-29)22-30-33(43)42(2)32(39-30)17-14-25-6-4-3-5-7-25/h3-19,22,32,39H,20-21,23-24H2,1-2H3,(H,38,44)(H2,36,37,40)/b17-14+,30-22-. The van der Waals surface area contributed by atoms with Gasteiger partial charge in [-0.3, -0.25) is 4.79 Å². The van der Waals surface area contributed by atoms with E-state index < -0.39 is 6.09 Å². The van der Waals surface area contributed by atoms with Gasteiger partial charge in [-0.2, -0.15) is 4.98 Å². The van der Waals surface area contributed by atoms with E-state index in [2.05, 4.69) is 20.6 Å². The van der Waals surface area contributed by atoms with Crippen LogP contribution in [0.2, 0.25) is 0 Å². The van der Waals surface area contributed by atoms with Crippen molar-refractivity contribution in [1.29, 1.82) is 0 Å². The average molecular weight is 620 g/mol. The molecule has 2 heterocycles. The number of likely N-dealkylation sites (N-methyl/N-ethyl adjacent to an activating group) is 2. The number of nitrogens with zero attached hydrogens (tertiary/aromatic N) is 4. The number of aromatic nitrogens is 2. The smallest absolute Gasteiger partial charge is 0.407 e. The Bertz CT molecular complexity index is 1680. The van der Waals surface area contributed by atoms with Gasteiger partial charge in [0.25, 0.3) is 5.91 Å². The van der Waals surface area contributed by atoms with Crippen LogP contribution in [0.3, 0.4) is 0 Å². The number of alkyl carbamates (subject to hydrolysis) is 1. The molecule has 3 aromatic carbocycles. The Balaban J connectivity index is 1.02. The molecule has 236 valence electrons. The number of carbonyl (C=O) groups excluding carboxylic acids is 2. The van der Waals surface area contributed by atoms with Crippen molar-refractivity contribution in [2.24, 2.45) is 0 Å². The molecule has 11 nitrogen and oxygen atoms in total. The molecule has 0 radical (unpaired) electrons. The van der Waals surface area contributed by atoms with Crippen molar-refractivity contribution in [1.82, 2.24) is 25.5 Å². The van der Waals surface area contributed by atoms with Crippen LogP contribution in [0.1, 0.15) is 22.3 Å². The lowest BCUT2D eigenvalue weighted by Crippen LogP contribution is -2.31. The lowest BCUT2D eigenvalue weighted by Gasteiger charge is -2.19. The highest BCUT2D eigenvalue weighted by atomic mass is 16.5. The van der Waals surface area contributed by atoms with Gasteiger partial charge >= 0.3 is 12.1 Å². The monoisotopic (exact) mass is 619 g/mol. The summed E-state index contributed by atoms with van der Waals surface area (Å²) >= 11 is 0. The molecule has 1 aliphatic rings. The van der Waals surface area contributed by atoms with Crippen LogP contribution in [0.15, 0.2) is 103 Å². The number of nitrogens with one attached hydrogen (secondary N) is 2. The Hall–Kier alpha value is -5.84. The van der Waals surface area contributed by atoms with Crippen molar-refractivity contribution >= 4 is 35.7 Å². The van der Waals surface area contributed by atoms with E-state index in [0.29, 0.717) is 31.2 Å². The fraction of sp³-hybridized carbons (Fsp3) is 0.200. The molecule has 0 bridgehead atoms. The van der Waals surface area contributed by atoms with Crippen LogP contribution in [0.4, 0.5) is 16.3 Å². The van der Waals surface area contributed by atoms with Crippen molar-refractivity contribution in [2.45, 2.75) is 19.3 Å². The molecule has 5 rings (SSSR count). The van der Waals surface area contributed by atoms with E-state index in [-0.39, 0.29) is 24.7 Å². The minimum Gasteiger partial charge on any atom is -0.459 e. The van der Waals surface area contributed by atoms with Gasteiger partial charge in [0.2, 0.25) is 0 Å². The van der Waals surface area contributed by atoms with Crippen molar-refractivity contribution in [3.05, 3.63) is 125 Å². The number of benzene rings is 3. The molecule has 4 N–H and O–H groups in total. The first kappa shape index (κ1) is 31.6. The molecule has 1 fully saturated rings. The second-order valence-corrected chi connectivity index (χ2v) is 10.7. The summed E-state index contributed by atoms with van der Waals surface area (Å²) in [5.41, 5.74) is 11.0. The van der Waals surface area contributed by atoms with Crippen LogP contribution in [0.25, 0.3) is 12.2 Å². The van der Waals surface area contributed by atoms with Crippen LogP contribution in [0, 0.1) is 0 Å². The van der Waals surface area contributed by atoms with Crippen LogP contribution in [-0.4, -0.2) is 60.3 Å². The van der Waals surface area contributed by atoms with Gasteiger partial charge in [0.05, 0.1) is 6.54 Å². The van der Waals surface area contributed by atoms with Gasteiger partial charge in [-0.15, -0.1) is 0 Å². The molecule has 1 aromatic heterocycles. The predicted octanol–water partition coefficient (Wildman–Crippen LogP) is 4.44. The van der Waals surface area contributed by atoms with Crippen LogP contribution in [-0.2, 0) is 22.7 Å². The molecular formula is C35H37N7O4. The summed E-state index contributed by atoms with van der Waals surface area (Å²) in [4.78, 5) is 36.7. The quantitative estimate of drug-likeness (QED) is 0.197. The number of hydrogen-bond donors (Lipinski definition) is 3. The summed E-state index contributed by atoms with van der Waals surface area (Å²) in [5, 5.41) is 6.06. The second kappa shape index (κ2) is 15.2. The Morgan fingerprint density at radius 1 is 1.02 bits per heavy atom. The topological polar surface area (TPSA) is 135 Å². The van der Waals surface area contributed by atoms with Crippen LogP contribution < -0.4 is 26.0 Å². The summed E-state index contributed by atoms with van der Waals surface area (Å²) in [7, 11) is 3.71. The number of nitrogen functional groups attached to an aromatic ring is 1. The number of hydrogen-bond acceptors (Lipinski definition) is 9. The molecule has 0 spiro atoms. The van der Waals surface area contributed by atoms with E-state index in [4.69, 9.17) is 15.2 Å². The van der Waals surface area contributed by atoms with Crippen molar-refractivity contribution in [3.63, 3.8) is 0 Å². The van der Waals surface area contributed by atoms with E-state index in [0.717, 1.165) is 27.9 Å². The highest BCUT2D eigenvalue weighted by Crippen LogP contribution is 2.20. The minimum absolute atomic E-state index is 0.0633. The number of ether oxygens (including phenoxy) is 2. The van der Waals surface area contributed by atoms with Crippen molar-refractivity contribution in [2.75, 3.05) is 37.9 Å². The first-order valence-corrected chi connectivity index (χ1v) is 14.8. The third-order valence-electron chi connectivity index (χ3n) is 7.33. The van der Waals surface area contributed by atoms with E-state index in [9.17, 15) is 9.59 Å². The Kier molecular flexibility index (Phi) is 10.5. The molecule has 1 aliphatic heterocycles. The van der Waals surface area contributed by atoms with Crippen LogP contribution >= 0.6 is 0 Å².